The molecule has 0 aliphatic heterocycles. The number of hydrogen-bond donors (Lipinski definition) is 4. The highest BCUT2D eigenvalue weighted by Crippen LogP contribution is 2.18. The van der Waals surface area contributed by atoms with Gasteiger partial charge in [0.05, 0.1) is 18.8 Å². The molecule has 3 atom stereocenters. The van der Waals surface area contributed by atoms with Crippen molar-refractivity contribution in [1.82, 2.24) is 5.32 Å². The first-order valence-electron chi connectivity index (χ1n) is 27.3. The molecule has 0 spiro atoms. The van der Waals surface area contributed by atoms with E-state index < -0.39 is 18.2 Å². The van der Waals surface area contributed by atoms with Gasteiger partial charge in [0, 0.05) is 6.42 Å². The molecule has 5 heteroatoms. The predicted octanol–water partition coefficient (Wildman–Crippen LogP) is 16.6. The molecule has 0 fully saturated rings. The van der Waals surface area contributed by atoms with E-state index in [2.05, 4.69) is 19.2 Å². The van der Waals surface area contributed by atoms with E-state index >= 15 is 0 Å². The van der Waals surface area contributed by atoms with E-state index in [0.717, 1.165) is 32.1 Å². The molecule has 0 aliphatic carbocycles. The van der Waals surface area contributed by atoms with Crippen molar-refractivity contribution in [2.24, 2.45) is 0 Å². The van der Waals surface area contributed by atoms with Crippen LogP contribution in [0.15, 0.2) is 0 Å². The average molecular weight is 836 g/mol. The average Bonchev–Trinajstić information content (AvgIpc) is 3.24. The zero-order valence-corrected chi connectivity index (χ0v) is 40.4. The third-order valence-corrected chi connectivity index (χ3v) is 13.2. The second-order valence-corrected chi connectivity index (χ2v) is 19.2. The second kappa shape index (κ2) is 50.0. The molecule has 0 bridgehead atoms. The van der Waals surface area contributed by atoms with Gasteiger partial charge in [-0.05, 0) is 12.8 Å². The van der Waals surface area contributed by atoms with Crippen LogP contribution >= 0.6 is 0 Å². The number of hydrogen-bond acceptors (Lipinski definition) is 4. The molecule has 1 amide bonds. The number of carbonyl (C=O) groups excluding carboxylic acids is 1. The van der Waals surface area contributed by atoms with Crippen LogP contribution in [0.1, 0.15) is 316 Å². The number of aliphatic hydroxyl groups is 3. The molecule has 0 rings (SSSR count). The summed E-state index contributed by atoms with van der Waals surface area (Å²) in [6, 6.07) is -0.804. The molecule has 0 radical (unpaired) electrons. The van der Waals surface area contributed by atoms with E-state index in [1.807, 2.05) is 0 Å². The van der Waals surface area contributed by atoms with Gasteiger partial charge in [-0.1, -0.05) is 296 Å². The van der Waals surface area contributed by atoms with Gasteiger partial charge < -0.3 is 20.6 Å². The lowest BCUT2D eigenvalue weighted by atomic mass is 9.99. The van der Waals surface area contributed by atoms with E-state index in [-0.39, 0.29) is 12.5 Å². The minimum atomic E-state index is -1.13. The first-order valence-corrected chi connectivity index (χ1v) is 27.3. The van der Waals surface area contributed by atoms with Crippen LogP contribution in [-0.2, 0) is 4.79 Å². The fraction of sp³-hybridized carbons (Fsp3) is 0.981. The van der Waals surface area contributed by atoms with Gasteiger partial charge >= 0.3 is 0 Å². The third-order valence-electron chi connectivity index (χ3n) is 13.2. The molecule has 354 valence electrons. The van der Waals surface area contributed by atoms with E-state index in [1.54, 1.807) is 0 Å². The lowest BCUT2D eigenvalue weighted by molar-refractivity contribution is -0.124. The van der Waals surface area contributed by atoms with Crippen molar-refractivity contribution in [2.75, 3.05) is 6.61 Å². The van der Waals surface area contributed by atoms with Crippen molar-refractivity contribution in [1.29, 1.82) is 0 Å². The van der Waals surface area contributed by atoms with Gasteiger partial charge in [0.1, 0.15) is 6.10 Å². The smallest absolute Gasteiger partial charge is 0.220 e. The Morgan fingerprint density at radius 2 is 0.576 bits per heavy atom. The largest absolute Gasteiger partial charge is 0.394 e. The molecule has 0 aromatic rings. The molecule has 5 nitrogen and oxygen atoms in total. The summed E-state index contributed by atoms with van der Waals surface area (Å²) in [7, 11) is 0. The summed E-state index contributed by atoms with van der Waals surface area (Å²) in [6.45, 7) is 4.23. The molecule has 0 saturated heterocycles. The van der Waals surface area contributed by atoms with Crippen LogP contribution in [0.25, 0.3) is 0 Å². The highest BCUT2D eigenvalue weighted by molar-refractivity contribution is 5.76. The summed E-state index contributed by atoms with van der Waals surface area (Å²) in [6.07, 6.45) is 59.6. The number of carbonyl (C=O) groups is 1. The van der Waals surface area contributed by atoms with Crippen LogP contribution in [-0.4, -0.2) is 46.1 Å². The summed E-state index contributed by atoms with van der Waals surface area (Å²) in [4.78, 5) is 12.5. The van der Waals surface area contributed by atoms with E-state index in [1.165, 1.54) is 257 Å². The molecule has 0 aliphatic rings. The Balaban J connectivity index is 3.50. The zero-order valence-electron chi connectivity index (χ0n) is 40.4. The highest BCUT2D eigenvalue weighted by Gasteiger charge is 2.26. The van der Waals surface area contributed by atoms with E-state index in [0.29, 0.717) is 12.8 Å². The van der Waals surface area contributed by atoms with Crippen LogP contribution in [0.2, 0.25) is 0 Å². The Morgan fingerprint density at radius 3 is 0.814 bits per heavy atom. The Bertz CT molecular complexity index is 792. The number of amides is 1. The minimum Gasteiger partial charge on any atom is -0.394 e. The third kappa shape index (κ3) is 45.2. The summed E-state index contributed by atoms with van der Waals surface area (Å²) >= 11 is 0. The summed E-state index contributed by atoms with van der Waals surface area (Å²) in [5, 5.41) is 33.8. The highest BCUT2D eigenvalue weighted by atomic mass is 16.3. The van der Waals surface area contributed by atoms with E-state index in [4.69, 9.17) is 0 Å². The van der Waals surface area contributed by atoms with Crippen molar-refractivity contribution in [3.63, 3.8) is 0 Å². The van der Waals surface area contributed by atoms with Crippen LogP contribution in [0.3, 0.4) is 0 Å². The second-order valence-electron chi connectivity index (χ2n) is 19.2. The Hall–Kier alpha value is -0.650. The van der Waals surface area contributed by atoms with Gasteiger partial charge in [-0.3, -0.25) is 4.79 Å². The van der Waals surface area contributed by atoms with Gasteiger partial charge in [0.15, 0.2) is 0 Å². The van der Waals surface area contributed by atoms with Gasteiger partial charge in [0.25, 0.3) is 0 Å². The number of aliphatic hydroxyl groups excluding tert-OH is 3. The van der Waals surface area contributed by atoms with Crippen molar-refractivity contribution >= 4 is 5.91 Å². The van der Waals surface area contributed by atoms with Gasteiger partial charge in [-0.15, -0.1) is 0 Å². The van der Waals surface area contributed by atoms with Crippen molar-refractivity contribution in [3.8, 4) is 0 Å². The molecular weight excluding hydrogens is 727 g/mol. The van der Waals surface area contributed by atoms with Gasteiger partial charge in [-0.25, -0.2) is 0 Å². The van der Waals surface area contributed by atoms with Crippen molar-refractivity contribution in [3.05, 3.63) is 0 Å². The van der Waals surface area contributed by atoms with Crippen LogP contribution in [0.5, 0.6) is 0 Å². The normalized spacial score (nSPS) is 13.2. The number of unbranched alkanes of at least 4 members (excludes halogenated alkanes) is 43. The molecule has 0 aromatic heterocycles. The van der Waals surface area contributed by atoms with Gasteiger partial charge in [0.2, 0.25) is 5.91 Å². The first-order chi connectivity index (χ1) is 29.1. The lowest BCUT2D eigenvalue weighted by Gasteiger charge is -2.26. The van der Waals surface area contributed by atoms with Crippen molar-refractivity contribution in [2.45, 2.75) is 334 Å². The maximum absolute atomic E-state index is 12.5. The zero-order chi connectivity index (χ0) is 43.0. The molecule has 3 unspecified atom stereocenters. The predicted molar refractivity (Wildman–Crippen MR) is 259 cm³/mol. The van der Waals surface area contributed by atoms with Crippen LogP contribution < -0.4 is 5.32 Å². The SMILES string of the molecule is CCCCCCCCCCCCCCCCCCCCCCCCCC(=O)NC(CO)C(O)C(O)CCCCCCCCCCCCCCCCCCCCCCCC. The number of rotatable bonds is 51. The van der Waals surface area contributed by atoms with Gasteiger partial charge in [-0.2, -0.15) is 0 Å². The standard InChI is InChI=1S/C54H109NO4/c1-3-5-7-9-11-13-15-17-19-21-23-25-27-29-31-33-35-37-39-41-43-45-47-49-53(58)55-51(50-56)54(59)52(57)48-46-44-42-40-38-36-34-32-30-28-26-24-22-20-18-16-14-12-10-8-6-4-2/h51-52,54,56-57,59H,3-50H2,1-2H3,(H,55,58). The Morgan fingerprint density at radius 1 is 0.356 bits per heavy atom. The molecule has 0 aromatic carbocycles. The topological polar surface area (TPSA) is 89.8 Å². The monoisotopic (exact) mass is 836 g/mol. The minimum absolute atomic E-state index is 0.136. The molecular formula is C54H109NO4. The van der Waals surface area contributed by atoms with E-state index in [9.17, 15) is 20.1 Å². The molecule has 59 heavy (non-hydrogen) atoms. The summed E-state index contributed by atoms with van der Waals surface area (Å²) < 4.78 is 0. The molecule has 0 heterocycles. The molecule has 4 N–H and O–H groups in total. The maximum atomic E-state index is 12.5. The fourth-order valence-electron chi connectivity index (χ4n) is 8.99. The van der Waals surface area contributed by atoms with Crippen molar-refractivity contribution < 1.29 is 20.1 Å². The lowest BCUT2D eigenvalue weighted by Crippen LogP contribution is -2.50. The Kier molecular flexibility index (Phi) is 49.4. The fourth-order valence-corrected chi connectivity index (χ4v) is 8.99. The summed E-state index contributed by atoms with van der Waals surface area (Å²) in [5.74, 6) is -0.136. The van der Waals surface area contributed by atoms with Crippen LogP contribution in [0.4, 0.5) is 0 Å². The number of nitrogens with one attached hydrogen (secondary N) is 1. The molecule has 0 saturated carbocycles. The summed E-state index contributed by atoms with van der Waals surface area (Å²) in [5.41, 5.74) is 0. The maximum Gasteiger partial charge on any atom is 0.220 e. The Labute approximate surface area is 370 Å². The quantitative estimate of drug-likeness (QED) is 0.0460. The van der Waals surface area contributed by atoms with Crippen LogP contribution in [0, 0.1) is 0 Å². The first kappa shape index (κ1) is 58.4.